The fourth-order valence-electron chi connectivity index (χ4n) is 3.64. The molecular formula is C21H29IN8O. The van der Waals surface area contributed by atoms with E-state index in [-0.39, 0.29) is 30.0 Å². The number of nitrogens with one attached hydrogen (secondary N) is 2. The van der Waals surface area contributed by atoms with Gasteiger partial charge in [0.05, 0.1) is 25.1 Å². The Labute approximate surface area is 199 Å². The van der Waals surface area contributed by atoms with Gasteiger partial charge in [0.2, 0.25) is 0 Å². The minimum Gasteiger partial charge on any atom is -0.377 e. The molecule has 0 aliphatic carbocycles. The molecule has 0 amide bonds. The Morgan fingerprint density at radius 3 is 2.97 bits per heavy atom. The summed E-state index contributed by atoms with van der Waals surface area (Å²) in [4.78, 5) is 13.5. The Kier molecular flexibility index (Phi) is 8.41. The minimum atomic E-state index is 0. The van der Waals surface area contributed by atoms with Crippen LogP contribution in [0.25, 0.3) is 5.69 Å². The van der Waals surface area contributed by atoms with Crippen LogP contribution in [0.15, 0.2) is 48.0 Å². The van der Waals surface area contributed by atoms with Crippen molar-refractivity contribution in [3.63, 3.8) is 0 Å². The van der Waals surface area contributed by atoms with Crippen LogP contribution in [0.3, 0.4) is 0 Å². The zero-order valence-corrected chi connectivity index (χ0v) is 20.2. The van der Waals surface area contributed by atoms with Gasteiger partial charge in [-0.3, -0.25) is 0 Å². The number of aliphatic imine (C=N–C) groups is 1. The average molecular weight is 536 g/mol. The molecule has 3 heterocycles. The molecule has 2 N–H and O–H groups in total. The van der Waals surface area contributed by atoms with E-state index in [2.05, 4.69) is 44.8 Å². The van der Waals surface area contributed by atoms with E-state index < -0.39 is 0 Å². The van der Waals surface area contributed by atoms with E-state index in [1.54, 1.807) is 13.3 Å². The molecule has 1 atom stereocenters. The lowest BCUT2D eigenvalue weighted by Gasteiger charge is -2.25. The van der Waals surface area contributed by atoms with E-state index >= 15 is 0 Å². The molecule has 10 heteroatoms. The maximum atomic E-state index is 5.15. The van der Waals surface area contributed by atoms with Gasteiger partial charge in [0.15, 0.2) is 11.8 Å². The molecule has 0 saturated heterocycles. The van der Waals surface area contributed by atoms with E-state index in [1.807, 2.05) is 33.9 Å². The highest BCUT2D eigenvalue weighted by Crippen LogP contribution is 2.16. The molecule has 0 saturated carbocycles. The van der Waals surface area contributed by atoms with Gasteiger partial charge in [-0.15, -0.1) is 24.0 Å². The van der Waals surface area contributed by atoms with Crippen LogP contribution in [0.2, 0.25) is 0 Å². The van der Waals surface area contributed by atoms with Crippen molar-refractivity contribution in [2.75, 3.05) is 13.7 Å². The molecule has 0 bridgehead atoms. The van der Waals surface area contributed by atoms with Crippen LogP contribution in [-0.4, -0.2) is 50.0 Å². The summed E-state index contributed by atoms with van der Waals surface area (Å²) in [6.07, 6.45) is 7.41. The SMILES string of the molecule is CCNC(=NCc1ccccc1-n1ccnc1)NC1CCc2nc(COC)nn2C1.I. The number of methoxy groups -OCH3 is 1. The number of rotatable bonds is 7. The first-order valence-electron chi connectivity index (χ1n) is 10.3. The van der Waals surface area contributed by atoms with Gasteiger partial charge in [-0.25, -0.2) is 19.6 Å². The van der Waals surface area contributed by atoms with E-state index in [4.69, 9.17) is 9.73 Å². The van der Waals surface area contributed by atoms with Crippen molar-refractivity contribution in [1.82, 2.24) is 34.9 Å². The van der Waals surface area contributed by atoms with Crippen LogP contribution in [0.1, 0.15) is 30.6 Å². The second-order valence-corrected chi connectivity index (χ2v) is 7.23. The van der Waals surface area contributed by atoms with Crippen LogP contribution in [0.5, 0.6) is 0 Å². The fraction of sp³-hybridized carbons (Fsp3) is 0.429. The van der Waals surface area contributed by atoms with Crippen molar-refractivity contribution in [1.29, 1.82) is 0 Å². The lowest BCUT2D eigenvalue weighted by Crippen LogP contribution is -2.47. The first-order valence-corrected chi connectivity index (χ1v) is 10.3. The van der Waals surface area contributed by atoms with Gasteiger partial charge in [0, 0.05) is 38.5 Å². The number of imidazole rings is 1. The zero-order valence-electron chi connectivity index (χ0n) is 17.9. The number of ether oxygens (including phenoxy) is 1. The molecule has 1 aromatic carbocycles. The van der Waals surface area contributed by atoms with Gasteiger partial charge in [-0.1, -0.05) is 18.2 Å². The average Bonchev–Trinajstić information content (AvgIpc) is 3.42. The molecule has 1 aliphatic heterocycles. The summed E-state index contributed by atoms with van der Waals surface area (Å²) in [5.74, 6) is 2.57. The number of fused-ring (bicyclic) bond motifs is 1. The Hall–Kier alpha value is -2.47. The third-order valence-electron chi connectivity index (χ3n) is 5.04. The third kappa shape index (κ3) is 5.82. The summed E-state index contributed by atoms with van der Waals surface area (Å²) in [6, 6.07) is 8.49. The molecule has 4 rings (SSSR count). The maximum absolute atomic E-state index is 5.15. The highest BCUT2D eigenvalue weighted by atomic mass is 127. The van der Waals surface area contributed by atoms with Crippen LogP contribution in [-0.2, 0) is 30.9 Å². The largest absolute Gasteiger partial charge is 0.377 e. The van der Waals surface area contributed by atoms with Gasteiger partial charge in [-0.2, -0.15) is 5.10 Å². The first kappa shape index (κ1) is 23.2. The van der Waals surface area contributed by atoms with E-state index in [0.29, 0.717) is 13.2 Å². The summed E-state index contributed by atoms with van der Waals surface area (Å²) in [7, 11) is 1.66. The lowest BCUT2D eigenvalue weighted by atomic mass is 10.1. The Balaban J connectivity index is 0.00000272. The molecule has 0 spiro atoms. The van der Waals surface area contributed by atoms with Gasteiger partial charge in [0.25, 0.3) is 0 Å². The first-order chi connectivity index (χ1) is 14.8. The molecule has 31 heavy (non-hydrogen) atoms. The predicted octanol–water partition coefficient (Wildman–Crippen LogP) is 2.30. The Morgan fingerprint density at radius 1 is 1.32 bits per heavy atom. The van der Waals surface area contributed by atoms with Gasteiger partial charge < -0.3 is 19.9 Å². The Bertz CT molecular complexity index is 985. The quantitative estimate of drug-likeness (QED) is 0.274. The molecule has 166 valence electrons. The van der Waals surface area contributed by atoms with E-state index in [1.165, 1.54) is 0 Å². The van der Waals surface area contributed by atoms with Crippen molar-refractivity contribution in [2.24, 2.45) is 4.99 Å². The number of guanidine groups is 1. The monoisotopic (exact) mass is 536 g/mol. The van der Waals surface area contributed by atoms with Gasteiger partial charge in [0.1, 0.15) is 12.4 Å². The fourth-order valence-corrected chi connectivity index (χ4v) is 3.64. The zero-order chi connectivity index (χ0) is 20.8. The normalized spacial score (nSPS) is 15.8. The number of halogens is 1. The van der Waals surface area contributed by atoms with Crippen LogP contribution >= 0.6 is 24.0 Å². The number of hydrogen-bond donors (Lipinski definition) is 2. The maximum Gasteiger partial charge on any atom is 0.191 e. The number of benzene rings is 1. The second kappa shape index (κ2) is 11.2. The molecule has 0 fully saturated rings. The second-order valence-electron chi connectivity index (χ2n) is 7.23. The summed E-state index contributed by atoms with van der Waals surface area (Å²) in [6.45, 7) is 4.65. The molecule has 1 aliphatic rings. The minimum absolute atomic E-state index is 0. The lowest BCUT2D eigenvalue weighted by molar-refractivity contribution is 0.177. The van der Waals surface area contributed by atoms with Crippen molar-refractivity contribution >= 4 is 29.9 Å². The third-order valence-corrected chi connectivity index (χ3v) is 5.04. The topological polar surface area (TPSA) is 94.2 Å². The van der Waals surface area contributed by atoms with Gasteiger partial charge in [-0.05, 0) is 25.0 Å². The molecule has 2 aromatic heterocycles. The van der Waals surface area contributed by atoms with E-state index in [0.717, 1.165) is 54.8 Å². The molecular weight excluding hydrogens is 507 g/mol. The smallest absolute Gasteiger partial charge is 0.191 e. The molecule has 1 unspecified atom stereocenters. The van der Waals surface area contributed by atoms with Crippen molar-refractivity contribution < 1.29 is 4.74 Å². The number of aromatic nitrogens is 5. The summed E-state index contributed by atoms with van der Waals surface area (Å²) >= 11 is 0. The predicted molar refractivity (Wildman–Crippen MR) is 130 cm³/mol. The van der Waals surface area contributed by atoms with Crippen molar-refractivity contribution in [2.45, 2.75) is 45.5 Å². The summed E-state index contributed by atoms with van der Waals surface area (Å²) < 4.78 is 9.14. The van der Waals surface area contributed by atoms with Crippen LogP contribution in [0, 0.1) is 0 Å². The number of hydrogen-bond acceptors (Lipinski definition) is 5. The molecule has 3 aromatic rings. The van der Waals surface area contributed by atoms with Gasteiger partial charge >= 0.3 is 0 Å². The molecule has 0 radical (unpaired) electrons. The van der Waals surface area contributed by atoms with Crippen LogP contribution in [0.4, 0.5) is 0 Å². The highest BCUT2D eigenvalue weighted by molar-refractivity contribution is 14.0. The number of para-hydroxylation sites is 1. The Morgan fingerprint density at radius 2 is 2.19 bits per heavy atom. The summed E-state index contributed by atoms with van der Waals surface area (Å²) in [5, 5.41) is 11.5. The summed E-state index contributed by atoms with van der Waals surface area (Å²) in [5.41, 5.74) is 2.23. The molecule has 9 nitrogen and oxygen atoms in total. The van der Waals surface area contributed by atoms with Crippen LogP contribution < -0.4 is 10.6 Å². The standard InChI is InChI=1S/C21H28N8O.HI/c1-3-23-21(24-12-16-6-4-5-7-18(16)28-11-10-22-15-28)25-17-8-9-20-26-19(14-30-2)27-29(20)13-17;/h4-7,10-11,15,17H,3,8-9,12-14H2,1-2H3,(H2,23,24,25);1H. The highest BCUT2D eigenvalue weighted by Gasteiger charge is 2.22. The van der Waals surface area contributed by atoms with E-state index in [9.17, 15) is 0 Å². The number of aryl methyl sites for hydroxylation is 1. The van der Waals surface area contributed by atoms with Crippen molar-refractivity contribution in [3.8, 4) is 5.69 Å². The number of nitrogens with zero attached hydrogens (tertiary/aromatic N) is 6. The van der Waals surface area contributed by atoms with Crippen molar-refractivity contribution in [3.05, 3.63) is 60.2 Å².